The molecule has 0 unspecified atom stereocenters. The number of allylic oxidation sites excluding steroid dienone is 2. The number of rotatable bonds is 7. The van der Waals surface area contributed by atoms with Gasteiger partial charge in [-0.05, 0) is 30.7 Å². The molecule has 2 rings (SSSR count). The largest absolute Gasteiger partial charge is 0.452 e. The zero-order chi connectivity index (χ0) is 32.7. The highest BCUT2D eigenvalue weighted by Crippen LogP contribution is 2.63. The Labute approximate surface area is 223 Å². The molecule has 0 amide bonds. The second-order valence-electron chi connectivity index (χ2n) is 8.19. The molecule has 1 heterocycles. The number of imidazole rings is 1. The van der Waals surface area contributed by atoms with Gasteiger partial charge in [0.2, 0.25) is 12.1 Å². The summed E-state index contributed by atoms with van der Waals surface area (Å²) in [6.45, 7) is 2.31. The average Bonchev–Trinajstić information content (AvgIpc) is 3.27. The summed E-state index contributed by atoms with van der Waals surface area (Å²) in [5.41, 5.74) is -22.0. The molecule has 0 aliphatic rings. The lowest BCUT2D eigenvalue weighted by Crippen LogP contribution is -2.67. The van der Waals surface area contributed by atoms with Crippen molar-refractivity contribution < 1.29 is 83.9 Å². The molecule has 42 heavy (non-hydrogen) atoms. The first kappa shape index (κ1) is 34.7. The number of nitrogens with zero attached hydrogens (tertiary/aromatic N) is 2. The second-order valence-corrected chi connectivity index (χ2v) is 8.19. The lowest BCUT2D eigenvalue weighted by atomic mass is 9.79. The minimum Gasteiger partial charge on any atom is -0.452 e. The topological polar surface area (TPSA) is 18.0 Å². The van der Waals surface area contributed by atoms with Crippen LogP contribution in [0.5, 0.6) is 5.75 Å². The maximum atomic E-state index is 14.7. The number of hydrogen-bond donors (Lipinski definition) is 0. The van der Waals surface area contributed by atoms with Crippen molar-refractivity contribution in [2.45, 2.75) is 55.7 Å². The van der Waals surface area contributed by atoms with Crippen molar-refractivity contribution in [3.63, 3.8) is 0 Å². The number of aryl methyl sites for hydroxylation is 1. The number of alkyl halides is 17. The lowest BCUT2D eigenvalue weighted by Gasteiger charge is -2.41. The molecule has 0 atom stereocenters. The van der Waals surface area contributed by atoms with Crippen molar-refractivity contribution in [2.75, 3.05) is 0 Å². The molecule has 3 nitrogen and oxygen atoms in total. The van der Waals surface area contributed by atoms with Gasteiger partial charge in [-0.1, -0.05) is 12.1 Å². The zero-order valence-corrected chi connectivity index (χ0v) is 20.1. The first-order chi connectivity index (χ1) is 18.7. The molecule has 0 saturated heterocycles. The monoisotopic (exact) mass is 645 g/mol. The van der Waals surface area contributed by atoms with Crippen LogP contribution in [0, 0.1) is 0 Å². The van der Waals surface area contributed by atoms with E-state index in [4.69, 9.17) is 0 Å². The predicted molar refractivity (Wildman–Crippen MR) is 108 cm³/mol. The van der Waals surface area contributed by atoms with Crippen molar-refractivity contribution in [3.8, 4) is 5.75 Å². The van der Waals surface area contributed by atoms with Gasteiger partial charge in [0.05, 0.1) is 18.3 Å². The van der Waals surface area contributed by atoms with Crippen molar-refractivity contribution in [3.05, 3.63) is 59.9 Å². The Morgan fingerprint density at radius 1 is 0.714 bits per heavy atom. The molecule has 1 aromatic carbocycles. The first-order valence-corrected chi connectivity index (χ1v) is 10.7. The Hall–Kier alpha value is -3.48. The van der Waals surface area contributed by atoms with Gasteiger partial charge in [-0.25, -0.2) is 17.9 Å². The van der Waals surface area contributed by atoms with E-state index in [-0.39, 0.29) is 17.7 Å². The van der Waals surface area contributed by atoms with E-state index < -0.39 is 59.3 Å². The fraction of sp³-hybridized carbons (Fsp3) is 0.409. The van der Waals surface area contributed by atoms with E-state index >= 15 is 0 Å². The third-order valence-corrected chi connectivity index (χ3v) is 5.35. The van der Waals surface area contributed by atoms with E-state index in [0.29, 0.717) is 18.7 Å². The molecule has 0 spiro atoms. The van der Waals surface area contributed by atoms with Gasteiger partial charge in [-0.15, -0.1) is 0 Å². The summed E-state index contributed by atoms with van der Waals surface area (Å²) in [5, 5.41) is 0. The SMILES string of the molecule is CC[n+]1ccn(C=Cc2ccc(OC(=C(C(F)(C(F)(F)F)C(F)(F)F)C(F)(C(F)(F)F)C(F)(F)F)C(F)(F)F)cc2)c1. The first-order valence-electron chi connectivity index (χ1n) is 10.7. The Bertz CT molecular complexity index is 1220. The average molecular weight is 645 g/mol. The molecule has 236 valence electrons. The smallest absolute Gasteiger partial charge is 0.449 e. The molecule has 20 heteroatoms. The van der Waals surface area contributed by atoms with Crippen molar-refractivity contribution in [1.82, 2.24) is 4.57 Å². The van der Waals surface area contributed by atoms with E-state index in [0.717, 1.165) is 0 Å². The van der Waals surface area contributed by atoms with Crippen LogP contribution in [0.4, 0.5) is 74.6 Å². The van der Waals surface area contributed by atoms with Crippen LogP contribution >= 0.6 is 0 Å². The third-order valence-electron chi connectivity index (χ3n) is 5.35. The Balaban J connectivity index is 2.89. The van der Waals surface area contributed by atoms with Crippen LogP contribution in [0.25, 0.3) is 12.3 Å². The highest BCUT2D eigenvalue weighted by molar-refractivity contribution is 5.61. The van der Waals surface area contributed by atoms with Gasteiger partial charge >= 0.3 is 42.2 Å². The van der Waals surface area contributed by atoms with Crippen LogP contribution in [0.2, 0.25) is 0 Å². The van der Waals surface area contributed by atoms with Gasteiger partial charge in [0.15, 0.2) is 0 Å². The molecule has 0 saturated carbocycles. The van der Waals surface area contributed by atoms with Crippen molar-refractivity contribution in [2.24, 2.45) is 0 Å². The number of ether oxygens (including phenoxy) is 1. The van der Waals surface area contributed by atoms with E-state index in [2.05, 4.69) is 4.74 Å². The van der Waals surface area contributed by atoms with Crippen LogP contribution in [-0.4, -0.2) is 46.8 Å². The van der Waals surface area contributed by atoms with Crippen molar-refractivity contribution in [1.29, 1.82) is 0 Å². The van der Waals surface area contributed by atoms with Crippen LogP contribution in [0.1, 0.15) is 12.5 Å². The molecule has 0 aliphatic heterocycles. The van der Waals surface area contributed by atoms with Crippen molar-refractivity contribution >= 4 is 12.3 Å². The van der Waals surface area contributed by atoms with Gasteiger partial charge in [0.25, 0.3) is 0 Å². The van der Waals surface area contributed by atoms with Crippen LogP contribution in [0.15, 0.2) is 54.3 Å². The molecule has 0 fully saturated rings. The number of hydrogen-bond acceptors (Lipinski definition) is 1. The summed E-state index contributed by atoms with van der Waals surface area (Å²) in [6, 6.07) is 1.94. The van der Waals surface area contributed by atoms with Gasteiger partial charge in [-0.3, -0.25) is 0 Å². The molecule has 2 aromatic rings. The maximum Gasteiger partial charge on any atom is 0.449 e. The van der Waals surface area contributed by atoms with Crippen LogP contribution in [-0.2, 0) is 6.54 Å². The van der Waals surface area contributed by atoms with Crippen LogP contribution in [0.3, 0.4) is 0 Å². The Kier molecular flexibility index (Phi) is 9.07. The minimum absolute atomic E-state index is 0.00676. The maximum absolute atomic E-state index is 14.7. The number of aromatic nitrogens is 2. The fourth-order valence-electron chi connectivity index (χ4n) is 3.31. The van der Waals surface area contributed by atoms with E-state index in [1.165, 1.54) is 29.4 Å². The number of halogens is 17. The molecule has 0 bridgehead atoms. The summed E-state index contributed by atoms with van der Waals surface area (Å²) in [7, 11) is 0. The number of benzene rings is 1. The zero-order valence-electron chi connectivity index (χ0n) is 20.1. The predicted octanol–water partition coefficient (Wildman–Crippen LogP) is 8.28. The van der Waals surface area contributed by atoms with E-state index in [1.54, 1.807) is 17.7 Å². The van der Waals surface area contributed by atoms with Gasteiger partial charge in [-0.2, -0.15) is 65.9 Å². The summed E-state index contributed by atoms with van der Waals surface area (Å²) >= 11 is 0. The third kappa shape index (κ3) is 6.45. The summed E-state index contributed by atoms with van der Waals surface area (Å²) in [4.78, 5) is 0. The van der Waals surface area contributed by atoms with E-state index in [9.17, 15) is 74.6 Å². The Morgan fingerprint density at radius 2 is 1.14 bits per heavy atom. The molecule has 0 radical (unpaired) electrons. The summed E-state index contributed by atoms with van der Waals surface area (Å²) in [5.74, 6) is -6.17. The van der Waals surface area contributed by atoms with Crippen LogP contribution < -0.4 is 9.30 Å². The molecular formula is C22H14F17N2O+. The summed E-state index contributed by atoms with van der Waals surface area (Å²) < 4.78 is 237. The van der Waals surface area contributed by atoms with Gasteiger partial charge < -0.3 is 4.74 Å². The molecule has 0 N–H and O–H groups in total. The second kappa shape index (κ2) is 11.0. The van der Waals surface area contributed by atoms with Gasteiger partial charge in [0.1, 0.15) is 18.1 Å². The Morgan fingerprint density at radius 3 is 1.48 bits per heavy atom. The molecule has 0 aliphatic carbocycles. The summed E-state index contributed by atoms with van der Waals surface area (Å²) in [6.07, 6.45) is -32.3. The van der Waals surface area contributed by atoms with Gasteiger partial charge in [0, 0.05) is 0 Å². The van der Waals surface area contributed by atoms with E-state index in [1.807, 2.05) is 0 Å². The normalized spacial score (nSPS) is 14.4. The quantitative estimate of drug-likeness (QED) is 0.169. The molecular weight excluding hydrogens is 631 g/mol. The standard InChI is InChI=1S/C22H14F17N2O/c1-2-40-9-10-41(11-40)8-7-12-3-5-13(6-4-12)42-15(18(25,26)27)14(16(23,19(28,29)30)20(31,32)33)17(24,21(34,35)36)22(37,38)39/h3-11H,2H2,1H3/q+1. The molecule has 1 aromatic heterocycles. The lowest BCUT2D eigenvalue weighted by molar-refractivity contribution is -0.692. The fourth-order valence-corrected chi connectivity index (χ4v) is 3.31. The minimum atomic E-state index is -8.22. The highest BCUT2D eigenvalue weighted by Gasteiger charge is 2.88. The highest BCUT2D eigenvalue weighted by atomic mass is 19.4.